The number of methoxy groups -OCH3 is 1. The fourth-order valence-corrected chi connectivity index (χ4v) is 4.49. The van der Waals surface area contributed by atoms with Gasteiger partial charge in [0.1, 0.15) is 11.5 Å². The molecule has 0 saturated carbocycles. The number of hydrogen-bond donors (Lipinski definition) is 0. The Morgan fingerprint density at radius 2 is 1.77 bits per heavy atom. The molecule has 164 valence electrons. The van der Waals surface area contributed by atoms with E-state index in [0.717, 1.165) is 4.31 Å². The Morgan fingerprint density at radius 1 is 1.06 bits per heavy atom. The lowest BCUT2D eigenvalue weighted by Gasteiger charge is -2.25. The number of para-hydroxylation sites is 2. The van der Waals surface area contributed by atoms with Crippen LogP contribution in [0.4, 0.5) is 5.69 Å². The molecular formula is C23H26N2O5S. The van der Waals surface area contributed by atoms with Gasteiger partial charge in [0.05, 0.1) is 30.0 Å². The maximum absolute atomic E-state index is 13.3. The fourth-order valence-electron chi connectivity index (χ4n) is 3.26. The van der Waals surface area contributed by atoms with Crippen LogP contribution < -0.4 is 9.04 Å². The number of sulfonamides is 1. The average Bonchev–Trinajstić information content (AvgIpc) is 3.32. The van der Waals surface area contributed by atoms with Gasteiger partial charge in [0.25, 0.3) is 15.9 Å². The summed E-state index contributed by atoms with van der Waals surface area (Å²) in [7, 11) is 0.683. The molecule has 0 aliphatic rings. The standard InChI is InChI=1S/C23H26N2O5S/c1-16-12-13-18(31(27,28)25(4)20-9-6-7-10-22(20)29-5)15-19(16)23(26)24(3)17(2)21-11-8-14-30-21/h6-15,17H,1-5H3. The minimum absolute atomic E-state index is 0.0221. The summed E-state index contributed by atoms with van der Waals surface area (Å²) in [6.45, 7) is 3.63. The maximum Gasteiger partial charge on any atom is 0.264 e. The third-order valence-corrected chi connectivity index (χ3v) is 7.15. The number of carbonyl (C=O) groups is 1. The van der Waals surface area contributed by atoms with Gasteiger partial charge in [-0.2, -0.15) is 0 Å². The van der Waals surface area contributed by atoms with E-state index in [0.29, 0.717) is 28.3 Å². The van der Waals surface area contributed by atoms with E-state index in [9.17, 15) is 13.2 Å². The molecule has 0 saturated heterocycles. The van der Waals surface area contributed by atoms with E-state index in [-0.39, 0.29) is 16.8 Å². The molecular weight excluding hydrogens is 416 g/mol. The van der Waals surface area contributed by atoms with Gasteiger partial charge >= 0.3 is 0 Å². The lowest BCUT2D eigenvalue weighted by atomic mass is 10.1. The summed E-state index contributed by atoms with van der Waals surface area (Å²) in [5.74, 6) is 0.788. The van der Waals surface area contributed by atoms with Crippen LogP contribution in [-0.4, -0.2) is 40.4 Å². The molecule has 3 rings (SSSR count). The first-order chi connectivity index (χ1) is 14.7. The summed E-state index contributed by atoms with van der Waals surface area (Å²) in [4.78, 5) is 14.7. The van der Waals surface area contributed by atoms with Crippen molar-refractivity contribution in [2.45, 2.75) is 24.8 Å². The maximum atomic E-state index is 13.3. The zero-order chi connectivity index (χ0) is 22.8. The van der Waals surface area contributed by atoms with Gasteiger partial charge in [0, 0.05) is 19.7 Å². The van der Waals surface area contributed by atoms with Crippen molar-refractivity contribution in [1.29, 1.82) is 0 Å². The minimum Gasteiger partial charge on any atom is -0.495 e. The van der Waals surface area contributed by atoms with Crippen LogP contribution in [0.3, 0.4) is 0 Å². The molecule has 0 bridgehead atoms. The Kier molecular flexibility index (Phi) is 6.40. The van der Waals surface area contributed by atoms with Crippen molar-refractivity contribution in [1.82, 2.24) is 4.90 Å². The lowest BCUT2D eigenvalue weighted by Crippen LogP contribution is -2.31. The first-order valence-electron chi connectivity index (χ1n) is 9.71. The van der Waals surface area contributed by atoms with Crippen LogP contribution in [-0.2, 0) is 10.0 Å². The molecule has 0 N–H and O–H groups in total. The molecule has 0 fully saturated rings. The molecule has 0 aliphatic heterocycles. The number of hydrogen-bond acceptors (Lipinski definition) is 5. The predicted octanol–water partition coefficient (Wildman–Crippen LogP) is 4.25. The highest BCUT2D eigenvalue weighted by molar-refractivity contribution is 7.92. The van der Waals surface area contributed by atoms with Gasteiger partial charge in [0.15, 0.2) is 0 Å². The molecule has 7 nitrogen and oxygen atoms in total. The molecule has 2 aromatic carbocycles. The smallest absolute Gasteiger partial charge is 0.264 e. The molecule has 3 aromatic rings. The van der Waals surface area contributed by atoms with Crippen LogP contribution >= 0.6 is 0 Å². The molecule has 1 aromatic heterocycles. The molecule has 1 atom stereocenters. The van der Waals surface area contributed by atoms with E-state index in [1.165, 1.54) is 31.2 Å². The molecule has 0 radical (unpaired) electrons. The molecule has 1 unspecified atom stereocenters. The van der Waals surface area contributed by atoms with Crippen molar-refractivity contribution in [3.8, 4) is 5.75 Å². The highest BCUT2D eigenvalue weighted by atomic mass is 32.2. The quantitative estimate of drug-likeness (QED) is 0.546. The number of amides is 1. The highest BCUT2D eigenvalue weighted by Gasteiger charge is 2.27. The number of nitrogens with zero attached hydrogens (tertiary/aromatic N) is 2. The normalized spacial score (nSPS) is 12.3. The Hall–Kier alpha value is -3.26. The van der Waals surface area contributed by atoms with Crippen LogP contribution in [0.25, 0.3) is 0 Å². The third-order valence-electron chi connectivity index (χ3n) is 5.38. The largest absolute Gasteiger partial charge is 0.495 e. The van der Waals surface area contributed by atoms with Gasteiger partial charge in [-0.1, -0.05) is 18.2 Å². The van der Waals surface area contributed by atoms with E-state index in [4.69, 9.17) is 9.15 Å². The molecule has 8 heteroatoms. The van der Waals surface area contributed by atoms with Crippen molar-refractivity contribution in [2.24, 2.45) is 0 Å². The van der Waals surface area contributed by atoms with Crippen molar-refractivity contribution in [3.63, 3.8) is 0 Å². The van der Waals surface area contributed by atoms with Crippen LogP contribution in [0.5, 0.6) is 5.75 Å². The van der Waals surface area contributed by atoms with Gasteiger partial charge < -0.3 is 14.1 Å². The molecule has 0 aliphatic carbocycles. The minimum atomic E-state index is -3.92. The van der Waals surface area contributed by atoms with Crippen LogP contribution in [0.15, 0.2) is 70.2 Å². The summed E-state index contributed by atoms with van der Waals surface area (Å²) in [6.07, 6.45) is 1.55. The Labute approximate surface area is 182 Å². The number of aryl methyl sites for hydroxylation is 1. The summed E-state index contributed by atoms with van der Waals surface area (Å²) >= 11 is 0. The van der Waals surface area contributed by atoms with E-state index in [1.54, 1.807) is 62.7 Å². The van der Waals surface area contributed by atoms with Gasteiger partial charge in [-0.05, 0) is 55.8 Å². The van der Waals surface area contributed by atoms with Crippen molar-refractivity contribution in [3.05, 3.63) is 77.7 Å². The number of ether oxygens (including phenoxy) is 1. The van der Waals surface area contributed by atoms with Crippen LogP contribution in [0.1, 0.15) is 34.6 Å². The second kappa shape index (κ2) is 8.85. The van der Waals surface area contributed by atoms with E-state index < -0.39 is 10.0 Å². The van der Waals surface area contributed by atoms with E-state index >= 15 is 0 Å². The molecule has 1 amide bonds. The Bertz CT molecular complexity index is 1170. The van der Waals surface area contributed by atoms with E-state index in [1.807, 2.05) is 6.92 Å². The van der Waals surface area contributed by atoms with E-state index in [2.05, 4.69) is 0 Å². The summed E-state index contributed by atoms with van der Waals surface area (Å²) < 4.78 is 38.5. The first-order valence-corrected chi connectivity index (χ1v) is 11.2. The number of anilines is 1. The number of rotatable bonds is 7. The van der Waals surface area contributed by atoms with Crippen molar-refractivity contribution in [2.75, 3.05) is 25.5 Å². The summed E-state index contributed by atoms with van der Waals surface area (Å²) in [5, 5.41) is 0. The first kappa shape index (κ1) is 22.4. The van der Waals surface area contributed by atoms with Gasteiger partial charge in [-0.25, -0.2) is 8.42 Å². The Morgan fingerprint density at radius 3 is 2.42 bits per heavy atom. The summed E-state index contributed by atoms with van der Waals surface area (Å²) in [5.41, 5.74) is 1.40. The molecule has 31 heavy (non-hydrogen) atoms. The van der Waals surface area contributed by atoms with Crippen molar-refractivity contribution < 1.29 is 22.4 Å². The Balaban J connectivity index is 1.97. The topological polar surface area (TPSA) is 80.1 Å². The van der Waals surface area contributed by atoms with Gasteiger partial charge in [-0.3, -0.25) is 9.10 Å². The SMILES string of the molecule is COc1ccccc1N(C)S(=O)(=O)c1ccc(C)c(C(=O)N(C)C(C)c2ccco2)c1. The zero-order valence-corrected chi connectivity index (χ0v) is 19.0. The number of carbonyl (C=O) groups excluding carboxylic acids is 1. The fraction of sp³-hybridized carbons (Fsp3) is 0.261. The molecule has 0 spiro atoms. The average molecular weight is 443 g/mol. The second-order valence-electron chi connectivity index (χ2n) is 7.23. The third kappa shape index (κ3) is 4.29. The zero-order valence-electron chi connectivity index (χ0n) is 18.2. The van der Waals surface area contributed by atoms with Gasteiger partial charge in [-0.15, -0.1) is 0 Å². The monoisotopic (exact) mass is 442 g/mol. The molecule has 1 heterocycles. The van der Waals surface area contributed by atoms with Gasteiger partial charge in [0.2, 0.25) is 0 Å². The predicted molar refractivity (Wildman–Crippen MR) is 119 cm³/mol. The lowest BCUT2D eigenvalue weighted by molar-refractivity contribution is 0.0725. The summed E-state index contributed by atoms with van der Waals surface area (Å²) in [6, 6.07) is 14.7. The number of furan rings is 1. The van der Waals surface area contributed by atoms with Crippen LogP contribution in [0.2, 0.25) is 0 Å². The van der Waals surface area contributed by atoms with Crippen LogP contribution in [0, 0.1) is 6.92 Å². The number of benzene rings is 2. The highest BCUT2D eigenvalue weighted by Crippen LogP contribution is 2.32. The second-order valence-corrected chi connectivity index (χ2v) is 9.20. The van der Waals surface area contributed by atoms with Crippen molar-refractivity contribution >= 4 is 21.6 Å².